The van der Waals surface area contributed by atoms with E-state index >= 15 is 0 Å². The Morgan fingerprint density at radius 1 is 1.12 bits per heavy atom. The Kier molecular flexibility index (Phi) is 5.92. The predicted octanol–water partition coefficient (Wildman–Crippen LogP) is 1.86. The highest BCUT2D eigenvalue weighted by Gasteiger charge is 2.07. The third-order valence-electron chi connectivity index (χ3n) is 3.25. The van der Waals surface area contributed by atoms with E-state index in [1.807, 2.05) is 6.07 Å². The van der Waals surface area contributed by atoms with E-state index in [9.17, 15) is 9.59 Å². The van der Waals surface area contributed by atoms with Crippen molar-refractivity contribution in [2.45, 2.75) is 6.42 Å². The SMILES string of the molecule is COc1ccc(CC(=O)NCC(=O)Nc2cccc(C#N)c2)cc1. The molecule has 6 heteroatoms. The van der Waals surface area contributed by atoms with Crippen molar-refractivity contribution in [1.29, 1.82) is 5.26 Å². The summed E-state index contributed by atoms with van der Waals surface area (Å²) in [7, 11) is 1.58. The zero-order valence-electron chi connectivity index (χ0n) is 13.2. The molecular weight excluding hydrogens is 306 g/mol. The van der Waals surface area contributed by atoms with E-state index in [0.29, 0.717) is 11.3 Å². The number of rotatable bonds is 6. The van der Waals surface area contributed by atoms with Crippen molar-refractivity contribution in [3.63, 3.8) is 0 Å². The fourth-order valence-corrected chi connectivity index (χ4v) is 2.04. The zero-order valence-corrected chi connectivity index (χ0v) is 13.2. The van der Waals surface area contributed by atoms with Gasteiger partial charge in [-0.2, -0.15) is 5.26 Å². The van der Waals surface area contributed by atoms with Crippen molar-refractivity contribution in [2.24, 2.45) is 0 Å². The van der Waals surface area contributed by atoms with Gasteiger partial charge in [0.05, 0.1) is 31.7 Å². The van der Waals surface area contributed by atoms with Crippen LogP contribution < -0.4 is 15.4 Å². The number of hydrogen-bond acceptors (Lipinski definition) is 4. The quantitative estimate of drug-likeness (QED) is 0.849. The molecule has 0 fully saturated rings. The van der Waals surface area contributed by atoms with Crippen molar-refractivity contribution >= 4 is 17.5 Å². The van der Waals surface area contributed by atoms with Crippen LogP contribution in [0.3, 0.4) is 0 Å². The highest BCUT2D eigenvalue weighted by Crippen LogP contribution is 2.11. The molecule has 0 spiro atoms. The molecule has 0 bridgehead atoms. The number of methoxy groups -OCH3 is 1. The molecule has 2 amide bonds. The van der Waals surface area contributed by atoms with Crippen molar-refractivity contribution in [3.05, 3.63) is 59.7 Å². The molecule has 24 heavy (non-hydrogen) atoms. The molecule has 0 saturated carbocycles. The van der Waals surface area contributed by atoms with Gasteiger partial charge in [0.2, 0.25) is 11.8 Å². The Hall–Kier alpha value is -3.33. The Morgan fingerprint density at radius 3 is 2.54 bits per heavy atom. The number of carbonyl (C=O) groups excluding carboxylic acids is 2. The molecule has 0 aliphatic heterocycles. The van der Waals surface area contributed by atoms with Gasteiger partial charge in [0.1, 0.15) is 5.75 Å². The molecule has 6 nitrogen and oxygen atoms in total. The summed E-state index contributed by atoms with van der Waals surface area (Å²) in [5.41, 5.74) is 1.80. The molecule has 2 aromatic rings. The van der Waals surface area contributed by atoms with E-state index in [1.165, 1.54) is 0 Å². The predicted molar refractivity (Wildman–Crippen MR) is 89.5 cm³/mol. The van der Waals surface area contributed by atoms with Gasteiger partial charge in [-0.25, -0.2) is 0 Å². The molecule has 2 aromatic carbocycles. The summed E-state index contributed by atoms with van der Waals surface area (Å²) in [5, 5.41) is 14.0. The number of amides is 2. The first-order chi connectivity index (χ1) is 11.6. The molecular formula is C18H17N3O3. The highest BCUT2D eigenvalue weighted by atomic mass is 16.5. The smallest absolute Gasteiger partial charge is 0.243 e. The van der Waals surface area contributed by atoms with Crippen LogP contribution in [0.15, 0.2) is 48.5 Å². The molecule has 0 atom stereocenters. The summed E-state index contributed by atoms with van der Waals surface area (Å²) in [6, 6.07) is 15.7. The van der Waals surface area contributed by atoms with Crippen molar-refractivity contribution in [3.8, 4) is 11.8 Å². The summed E-state index contributed by atoms with van der Waals surface area (Å²) in [6.07, 6.45) is 0.182. The molecule has 0 heterocycles. The Balaban J connectivity index is 1.80. The lowest BCUT2D eigenvalue weighted by Gasteiger charge is -2.08. The van der Waals surface area contributed by atoms with E-state index in [4.69, 9.17) is 10.00 Å². The van der Waals surface area contributed by atoms with Gasteiger partial charge in [-0.15, -0.1) is 0 Å². The van der Waals surface area contributed by atoms with Gasteiger partial charge < -0.3 is 15.4 Å². The van der Waals surface area contributed by atoms with E-state index in [1.54, 1.807) is 55.6 Å². The number of ether oxygens (including phenoxy) is 1. The van der Waals surface area contributed by atoms with E-state index in [2.05, 4.69) is 10.6 Å². The maximum absolute atomic E-state index is 11.9. The Bertz CT molecular complexity index is 764. The van der Waals surface area contributed by atoms with Crippen LogP contribution in [0.25, 0.3) is 0 Å². The topological polar surface area (TPSA) is 91.2 Å². The minimum atomic E-state index is -0.354. The molecule has 2 N–H and O–H groups in total. The fourth-order valence-electron chi connectivity index (χ4n) is 2.04. The van der Waals surface area contributed by atoms with E-state index < -0.39 is 0 Å². The normalized spacial score (nSPS) is 9.67. The Morgan fingerprint density at radius 2 is 1.88 bits per heavy atom. The van der Waals surface area contributed by atoms with Gasteiger partial charge in [-0.3, -0.25) is 9.59 Å². The first-order valence-corrected chi connectivity index (χ1v) is 7.30. The van der Waals surface area contributed by atoms with Crippen LogP contribution in [0.2, 0.25) is 0 Å². The Labute approximate surface area is 140 Å². The minimum Gasteiger partial charge on any atom is -0.497 e. The van der Waals surface area contributed by atoms with Crippen LogP contribution in [0.5, 0.6) is 5.75 Å². The van der Waals surface area contributed by atoms with Crippen LogP contribution in [0.4, 0.5) is 5.69 Å². The maximum Gasteiger partial charge on any atom is 0.243 e. The second-order valence-corrected chi connectivity index (χ2v) is 5.04. The number of benzene rings is 2. The van der Waals surface area contributed by atoms with E-state index in [-0.39, 0.29) is 24.8 Å². The number of nitrogens with one attached hydrogen (secondary N) is 2. The number of carbonyl (C=O) groups is 2. The van der Waals surface area contributed by atoms with Crippen LogP contribution >= 0.6 is 0 Å². The average molecular weight is 323 g/mol. The molecule has 0 aliphatic rings. The summed E-state index contributed by atoms with van der Waals surface area (Å²) in [5.74, 6) is 0.118. The molecule has 0 saturated heterocycles. The molecule has 0 aliphatic carbocycles. The fraction of sp³-hybridized carbons (Fsp3) is 0.167. The van der Waals surface area contributed by atoms with Gasteiger partial charge in [-0.05, 0) is 35.9 Å². The number of hydrogen-bond donors (Lipinski definition) is 2. The second kappa shape index (κ2) is 8.34. The highest BCUT2D eigenvalue weighted by molar-refractivity contribution is 5.94. The maximum atomic E-state index is 11.9. The molecule has 122 valence electrons. The van der Waals surface area contributed by atoms with Crippen LogP contribution in [-0.2, 0) is 16.0 Å². The molecule has 0 radical (unpaired) electrons. The molecule has 0 aromatic heterocycles. The minimum absolute atomic E-state index is 0.133. The summed E-state index contributed by atoms with van der Waals surface area (Å²) in [4.78, 5) is 23.7. The van der Waals surface area contributed by atoms with Crippen LogP contribution in [-0.4, -0.2) is 25.5 Å². The van der Waals surface area contributed by atoms with Gasteiger partial charge in [0.25, 0.3) is 0 Å². The van der Waals surface area contributed by atoms with Crippen LogP contribution in [0, 0.1) is 11.3 Å². The third kappa shape index (κ3) is 5.14. The number of anilines is 1. The van der Waals surface area contributed by atoms with Gasteiger partial charge in [0, 0.05) is 5.69 Å². The lowest BCUT2D eigenvalue weighted by Crippen LogP contribution is -2.33. The molecule has 2 rings (SSSR count). The first kappa shape index (κ1) is 17.0. The number of nitriles is 1. The third-order valence-corrected chi connectivity index (χ3v) is 3.25. The van der Waals surface area contributed by atoms with Crippen molar-refractivity contribution in [1.82, 2.24) is 5.32 Å². The largest absolute Gasteiger partial charge is 0.497 e. The van der Waals surface area contributed by atoms with Gasteiger partial charge in [0.15, 0.2) is 0 Å². The van der Waals surface area contributed by atoms with E-state index in [0.717, 1.165) is 11.3 Å². The summed E-state index contributed by atoms with van der Waals surface area (Å²) in [6.45, 7) is -0.133. The van der Waals surface area contributed by atoms with Gasteiger partial charge >= 0.3 is 0 Å². The van der Waals surface area contributed by atoms with Crippen molar-refractivity contribution < 1.29 is 14.3 Å². The molecule has 0 unspecified atom stereocenters. The van der Waals surface area contributed by atoms with Crippen molar-refractivity contribution in [2.75, 3.05) is 19.0 Å². The lowest BCUT2D eigenvalue weighted by atomic mass is 10.1. The monoisotopic (exact) mass is 323 g/mol. The standard InChI is InChI=1S/C18H17N3O3/c1-24-16-7-5-13(6-8-16)10-17(22)20-12-18(23)21-15-4-2-3-14(9-15)11-19/h2-9H,10,12H2,1H3,(H,20,22)(H,21,23). The van der Waals surface area contributed by atoms with Crippen LogP contribution in [0.1, 0.15) is 11.1 Å². The number of nitrogens with zero attached hydrogens (tertiary/aromatic N) is 1. The summed E-state index contributed by atoms with van der Waals surface area (Å²) < 4.78 is 5.05. The second-order valence-electron chi connectivity index (χ2n) is 5.04. The average Bonchev–Trinajstić information content (AvgIpc) is 2.61. The summed E-state index contributed by atoms with van der Waals surface area (Å²) >= 11 is 0. The first-order valence-electron chi connectivity index (χ1n) is 7.30. The lowest BCUT2D eigenvalue weighted by molar-refractivity contribution is -0.123. The zero-order chi connectivity index (χ0) is 17.4. The van der Waals surface area contributed by atoms with Gasteiger partial charge in [-0.1, -0.05) is 18.2 Å².